The minimum absolute atomic E-state index is 0.416. The minimum atomic E-state index is 0.416. The van der Waals surface area contributed by atoms with E-state index in [1.54, 1.807) is 0 Å². The van der Waals surface area contributed by atoms with Crippen molar-refractivity contribution in [2.24, 2.45) is 11.8 Å². The Morgan fingerprint density at radius 2 is 1.75 bits per heavy atom. The molecule has 2 heteroatoms. The zero-order valence-electron chi connectivity index (χ0n) is 10.6. The summed E-state index contributed by atoms with van der Waals surface area (Å²) in [6.07, 6.45) is 9.86. The number of carbonyl (C=O) groups is 1. The quantitative estimate of drug-likeness (QED) is 0.719. The monoisotopic (exact) mass is 223 g/mol. The van der Waals surface area contributed by atoms with Gasteiger partial charge in [0.1, 0.15) is 0 Å². The molecule has 0 bridgehead atoms. The highest BCUT2D eigenvalue weighted by atomic mass is 16.2. The van der Waals surface area contributed by atoms with Crippen LogP contribution in [-0.2, 0) is 4.79 Å². The van der Waals surface area contributed by atoms with Crippen LogP contribution in [0.3, 0.4) is 0 Å². The van der Waals surface area contributed by atoms with E-state index >= 15 is 0 Å². The van der Waals surface area contributed by atoms with Gasteiger partial charge in [0.2, 0.25) is 5.91 Å². The summed E-state index contributed by atoms with van der Waals surface area (Å²) >= 11 is 0. The highest BCUT2D eigenvalue weighted by Crippen LogP contribution is 2.29. The lowest BCUT2D eigenvalue weighted by molar-refractivity contribution is -0.132. The van der Waals surface area contributed by atoms with Gasteiger partial charge in [-0.15, -0.1) is 0 Å². The van der Waals surface area contributed by atoms with E-state index < -0.39 is 0 Å². The molecule has 1 saturated heterocycles. The van der Waals surface area contributed by atoms with Gasteiger partial charge in [0.25, 0.3) is 0 Å². The summed E-state index contributed by atoms with van der Waals surface area (Å²) < 4.78 is 0. The molecule has 2 rings (SSSR count). The van der Waals surface area contributed by atoms with Crippen LogP contribution in [-0.4, -0.2) is 23.9 Å². The molecule has 0 atom stereocenters. The molecule has 1 aliphatic heterocycles. The summed E-state index contributed by atoms with van der Waals surface area (Å²) in [4.78, 5) is 14.1. The Morgan fingerprint density at radius 1 is 1.12 bits per heavy atom. The fourth-order valence-electron chi connectivity index (χ4n) is 3.04. The molecule has 1 aliphatic carbocycles. The van der Waals surface area contributed by atoms with Gasteiger partial charge in [0.15, 0.2) is 0 Å². The van der Waals surface area contributed by atoms with Crippen LogP contribution in [0.4, 0.5) is 0 Å². The van der Waals surface area contributed by atoms with Crippen LogP contribution in [0.15, 0.2) is 0 Å². The van der Waals surface area contributed by atoms with E-state index in [1.807, 2.05) is 0 Å². The molecule has 1 heterocycles. The Balaban J connectivity index is 1.67. The van der Waals surface area contributed by atoms with Crippen LogP contribution in [0.25, 0.3) is 0 Å². The molecule has 92 valence electrons. The maximum atomic E-state index is 12.0. The third-order valence-corrected chi connectivity index (χ3v) is 4.38. The van der Waals surface area contributed by atoms with Gasteiger partial charge in [0.05, 0.1) is 0 Å². The molecule has 2 fully saturated rings. The zero-order valence-corrected chi connectivity index (χ0v) is 10.6. The summed E-state index contributed by atoms with van der Waals surface area (Å²) in [5.41, 5.74) is 0. The molecule has 0 aromatic heterocycles. The van der Waals surface area contributed by atoms with Crippen molar-refractivity contribution in [3.63, 3.8) is 0 Å². The minimum Gasteiger partial charge on any atom is -0.343 e. The fourth-order valence-corrected chi connectivity index (χ4v) is 3.04. The molecular weight excluding hydrogens is 198 g/mol. The predicted octanol–water partition coefficient (Wildman–Crippen LogP) is 3.22. The van der Waals surface area contributed by atoms with Crippen LogP contribution in [0.5, 0.6) is 0 Å². The smallest absolute Gasteiger partial charge is 0.222 e. The van der Waals surface area contributed by atoms with Crippen molar-refractivity contribution >= 4 is 5.91 Å². The molecule has 0 N–H and O–H groups in total. The largest absolute Gasteiger partial charge is 0.343 e. The SMILES string of the molecule is CC1CCN(C(=O)CCC2CCCC2)CC1. The van der Waals surface area contributed by atoms with E-state index in [0.29, 0.717) is 5.91 Å². The van der Waals surface area contributed by atoms with Crippen molar-refractivity contribution in [2.45, 2.75) is 58.3 Å². The van der Waals surface area contributed by atoms with Crippen molar-refractivity contribution in [3.8, 4) is 0 Å². The number of likely N-dealkylation sites (tertiary alicyclic amines) is 1. The number of rotatable bonds is 3. The standard InChI is InChI=1S/C14H25NO/c1-12-8-10-15(11-9-12)14(16)7-6-13-4-2-3-5-13/h12-13H,2-11H2,1H3. The highest BCUT2D eigenvalue weighted by Gasteiger charge is 2.22. The average molecular weight is 223 g/mol. The molecule has 0 unspecified atom stereocenters. The number of nitrogens with zero attached hydrogens (tertiary/aromatic N) is 1. The summed E-state index contributed by atoms with van der Waals surface area (Å²) in [6.45, 7) is 4.30. The number of amides is 1. The number of hydrogen-bond donors (Lipinski definition) is 0. The first-order valence-corrected chi connectivity index (χ1v) is 7.03. The van der Waals surface area contributed by atoms with Crippen molar-refractivity contribution in [1.29, 1.82) is 0 Å². The predicted molar refractivity (Wildman–Crippen MR) is 66.2 cm³/mol. The molecule has 16 heavy (non-hydrogen) atoms. The third kappa shape index (κ3) is 3.23. The lowest BCUT2D eigenvalue weighted by atomic mass is 9.97. The topological polar surface area (TPSA) is 20.3 Å². The van der Waals surface area contributed by atoms with E-state index in [4.69, 9.17) is 0 Å². The van der Waals surface area contributed by atoms with E-state index in [1.165, 1.54) is 38.5 Å². The highest BCUT2D eigenvalue weighted by molar-refractivity contribution is 5.76. The lowest BCUT2D eigenvalue weighted by Crippen LogP contribution is -2.37. The Kier molecular flexibility index (Phi) is 4.25. The number of carbonyl (C=O) groups excluding carboxylic acids is 1. The van der Waals surface area contributed by atoms with Gasteiger partial charge in [-0.3, -0.25) is 4.79 Å². The van der Waals surface area contributed by atoms with Crippen molar-refractivity contribution in [2.75, 3.05) is 13.1 Å². The normalized spacial score (nSPS) is 23.9. The third-order valence-electron chi connectivity index (χ3n) is 4.38. The lowest BCUT2D eigenvalue weighted by Gasteiger charge is -2.30. The van der Waals surface area contributed by atoms with Gasteiger partial charge < -0.3 is 4.90 Å². The van der Waals surface area contributed by atoms with E-state index in [2.05, 4.69) is 11.8 Å². The first-order valence-electron chi connectivity index (χ1n) is 7.03. The zero-order chi connectivity index (χ0) is 11.4. The van der Waals surface area contributed by atoms with E-state index in [0.717, 1.165) is 37.8 Å². The van der Waals surface area contributed by atoms with Gasteiger partial charge >= 0.3 is 0 Å². The van der Waals surface area contributed by atoms with Crippen molar-refractivity contribution < 1.29 is 4.79 Å². The molecule has 2 aliphatic rings. The maximum absolute atomic E-state index is 12.0. The fraction of sp³-hybridized carbons (Fsp3) is 0.929. The number of piperidine rings is 1. The van der Waals surface area contributed by atoms with Crippen molar-refractivity contribution in [3.05, 3.63) is 0 Å². The average Bonchev–Trinajstić information content (AvgIpc) is 2.80. The second-order valence-corrected chi connectivity index (χ2v) is 5.75. The molecule has 1 amide bonds. The van der Waals surface area contributed by atoms with E-state index in [-0.39, 0.29) is 0 Å². The molecule has 0 aromatic carbocycles. The van der Waals surface area contributed by atoms with Crippen LogP contribution in [0.2, 0.25) is 0 Å². The van der Waals surface area contributed by atoms with E-state index in [9.17, 15) is 4.79 Å². The van der Waals surface area contributed by atoms with Crippen LogP contribution >= 0.6 is 0 Å². The first-order chi connectivity index (χ1) is 7.75. The molecule has 0 spiro atoms. The first kappa shape index (κ1) is 11.9. The molecule has 1 saturated carbocycles. The van der Waals surface area contributed by atoms with Crippen LogP contribution in [0, 0.1) is 11.8 Å². The molecule has 2 nitrogen and oxygen atoms in total. The molecule has 0 radical (unpaired) electrons. The molecule has 0 aromatic rings. The van der Waals surface area contributed by atoms with Crippen molar-refractivity contribution in [1.82, 2.24) is 4.90 Å². The van der Waals surface area contributed by atoms with Gasteiger partial charge in [-0.2, -0.15) is 0 Å². The summed E-state index contributed by atoms with van der Waals surface area (Å²) in [7, 11) is 0. The van der Waals surface area contributed by atoms with Gasteiger partial charge in [-0.25, -0.2) is 0 Å². The van der Waals surface area contributed by atoms with Gasteiger partial charge in [-0.1, -0.05) is 32.6 Å². The Hall–Kier alpha value is -0.530. The van der Waals surface area contributed by atoms with Gasteiger partial charge in [-0.05, 0) is 31.1 Å². The van der Waals surface area contributed by atoms with Crippen LogP contribution < -0.4 is 0 Å². The number of hydrogen-bond acceptors (Lipinski definition) is 1. The van der Waals surface area contributed by atoms with Gasteiger partial charge in [0, 0.05) is 19.5 Å². The molecular formula is C14H25NO. The Bertz CT molecular complexity index is 225. The summed E-state index contributed by atoms with van der Waals surface area (Å²) in [5.74, 6) is 2.09. The summed E-state index contributed by atoms with van der Waals surface area (Å²) in [5, 5.41) is 0. The Morgan fingerprint density at radius 3 is 2.38 bits per heavy atom. The maximum Gasteiger partial charge on any atom is 0.222 e. The second kappa shape index (κ2) is 5.70. The second-order valence-electron chi connectivity index (χ2n) is 5.75. The Labute approximate surface area is 99.4 Å². The summed E-state index contributed by atoms with van der Waals surface area (Å²) in [6, 6.07) is 0. The van der Waals surface area contributed by atoms with Crippen LogP contribution in [0.1, 0.15) is 58.3 Å².